The normalized spacial score (nSPS) is 10.9. The average molecular weight is 237 g/mol. The molecule has 2 rings (SSSR count). The first-order valence-corrected chi connectivity index (χ1v) is 5.22. The molecule has 0 aliphatic carbocycles. The van der Waals surface area contributed by atoms with Gasteiger partial charge in [-0.2, -0.15) is 5.10 Å². The van der Waals surface area contributed by atoms with Crippen molar-refractivity contribution in [2.24, 2.45) is 12.8 Å². The van der Waals surface area contributed by atoms with Crippen molar-refractivity contribution in [3.63, 3.8) is 0 Å². The summed E-state index contributed by atoms with van der Waals surface area (Å²) in [5.41, 5.74) is 7.72. The van der Waals surface area contributed by atoms with Gasteiger partial charge >= 0.3 is 0 Å². The number of hydrogen-bond acceptors (Lipinski definition) is 2. The van der Waals surface area contributed by atoms with Crippen molar-refractivity contribution in [2.45, 2.75) is 13.5 Å². The van der Waals surface area contributed by atoms with Crippen LogP contribution in [0, 0.1) is 18.6 Å². The lowest BCUT2D eigenvalue weighted by Crippen LogP contribution is -2.05. The fourth-order valence-electron chi connectivity index (χ4n) is 1.98. The van der Waals surface area contributed by atoms with Gasteiger partial charge in [-0.25, -0.2) is 8.78 Å². The highest BCUT2D eigenvalue weighted by Gasteiger charge is 2.17. The summed E-state index contributed by atoms with van der Waals surface area (Å²) in [5, 5.41) is 4.18. The van der Waals surface area contributed by atoms with E-state index in [1.54, 1.807) is 18.7 Å². The van der Waals surface area contributed by atoms with Crippen LogP contribution < -0.4 is 5.73 Å². The molecule has 2 aromatic rings. The molecule has 0 unspecified atom stereocenters. The van der Waals surface area contributed by atoms with Crippen LogP contribution in [0.2, 0.25) is 0 Å². The molecule has 0 radical (unpaired) electrons. The Morgan fingerprint density at radius 1 is 1.35 bits per heavy atom. The van der Waals surface area contributed by atoms with Crippen molar-refractivity contribution in [3.05, 3.63) is 41.2 Å². The second-order valence-corrected chi connectivity index (χ2v) is 3.86. The van der Waals surface area contributed by atoms with Crippen LogP contribution >= 0.6 is 0 Å². The molecule has 0 aliphatic heterocycles. The molecule has 0 saturated carbocycles. The van der Waals surface area contributed by atoms with Gasteiger partial charge in [0, 0.05) is 24.7 Å². The fourth-order valence-corrected chi connectivity index (χ4v) is 1.98. The highest BCUT2D eigenvalue weighted by molar-refractivity contribution is 5.69. The lowest BCUT2D eigenvalue weighted by atomic mass is 10.0. The van der Waals surface area contributed by atoms with Gasteiger partial charge in [-0.15, -0.1) is 0 Å². The van der Waals surface area contributed by atoms with Gasteiger partial charge in [-0.1, -0.05) is 0 Å². The maximum absolute atomic E-state index is 13.7. The third-order valence-corrected chi connectivity index (χ3v) is 2.73. The molecule has 0 fully saturated rings. The molecule has 3 nitrogen and oxygen atoms in total. The first-order valence-electron chi connectivity index (χ1n) is 5.22. The van der Waals surface area contributed by atoms with Crippen LogP contribution in [-0.4, -0.2) is 9.78 Å². The van der Waals surface area contributed by atoms with E-state index in [0.29, 0.717) is 17.0 Å². The molecule has 90 valence electrons. The number of benzene rings is 1. The van der Waals surface area contributed by atoms with E-state index in [4.69, 9.17) is 5.73 Å². The van der Waals surface area contributed by atoms with Crippen LogP contribution in [0.25, 0.3) is 11.1 Å². The Balaban J connectivity index is 2.71. The monoisotopic (exact) mass is 237 g/mol. The molecular weight excluding hydrogens is 224 g/mol. The number of nitrogens with two attached hydrogens (primary N) is 1. The second kappa shape index (κ2) is 4.25. The Labute approximate surface area is 97.9 Å². The largest absolute Gasteiger partial charge is 0.325 e. The number of halogens is 2. The van der Waals surface area contributed by atoms with Crippen LogP contribution in [0.15, 0.2) is 18.2 Å². The van der Waals surface area contributed by atoms with Crippen molar-refractivity contribution in [2.75, 3.05) is 0 Å². The number of nitrogens with zero attached hydrogens (tertiary/aromatic N) is 2. The SMILES string of the molecule is Cc1nn(C)c(CN)c1-c1cc(F)ccc1F. The van der Waals surface area contributed by atoms with E-state index in [-0.39, 0.29) is 12.1 Å². The van der Waals surface area contributed by atoms with Crippen molar-refractivity contribution in [1.82, 2.24) is 9.78 Å². The van der Waals surface area contributed by atoms with E-state index in [2.05, 4.69) is 5.10 Å². The Morgan fingerprint density at radius 3 is 2.71 bits per heavy atom. The van der Waals surface area contributed by atoms with Crippen LogP contribution in [0.1, 0.15) is 11.4 Å². The van der Waals surface area contributed by atoms with E-state index < -0.39 is 11.6 Å². The molecule has 2 N–H and O–H groups in total. The predicted molar refractivity (Wildman–Crippen MR) is 61.2 cm³/mol. The Kier molecular flexibility index (Phi) is 2.93. The van der Waals surface area contributed by atoms with Gasteiger partial charge in [0.2, 0.25) is 0 Å². The zero-order chi connectivity index (χ0) is 12.6. The molecule has 0 spiro atoms. The van der Waals surface area contributed by atoms with Gasteiger partial charge in [0.1, 0.15) is 11.6 Å². The van der Waals surface area contributed by atoms with E-state index in [0.717, 1.165) is 12.1 Å². The highest BCUT2D eigenvalue weighted by atomic mass is 19.1. The summed E-state index contributed by atoms with van der Waals surface area (Å²) >= 11 is 0. The molecular formula is C12H13F2N3. The zero-order valence-corrected chi connectivity index (χ0v) is 9.67. The molecule has 0 bridgehead atoms. The summed E-state index contributed by atoms with van der Waals surface area (Å²) in [4.78, 5) is 0. The second-order valence-electron chi connectivity index (χ2n) is 3.86. The van der Waals surface area contributed by atoms with E-state index in [1.807, 2.05) is 0 Å². The van der Waals surface area contributed by atoms with Crippen molar-refractivity contribution >= 4 is 0 Å². The molecule has 5 heteroatoms. The summed E-state index contributed by atoms with van der Waals surface area (Å²) < 4.78 is 28.5. The Hall–Kier alpha value is -1.75. The average Bonchev–Trinajstić information content (AvgIpc) is 2.56. The third kappa shape index (κ3) is 1.93. The summed E-state index contributed by atoms with van der Waals surface area (Å²) in [6.07, 6.45) is 0. The zero-order valence-electron chi connectivity index (χ0n) is 9.67. The summed E-state index contributed by atoms with van der Waals surface area (Å²) in [5.74, 6) is -0.954. The molecule has 0 aliphatic rings. The summed E-state index contributed by atoms with van der Waals surface area (Å²) in [6.45, 7) is 1.97. The lowest BCUT2D eigenvalue weighted by molar-refractivity contribution is 0.603. The molecule has 0 amide bonds. The maximum Gasteiger partial charge on any atom is 0.131 e. The smallest absolute Gasteiger partial charge is 0.131 e. The minimum atomic E-state index is -0.479. The number of aryl methyl sites for hydroxylation is 2. The minimum absolute atomic E-state index is 0.205. The molecule has 0 saturated heterocycles. The van der Waals surface area contributed by atoms with Gasteiger partial charge in [0.15, 0.2) is 0 Å². The molecule has 0 atom stereocenters. The van der Waals surface area contributed by atoms with Crippen molar-refractivity contribution in [3.8, 4) is 11.1 Å². The standard InChI is InChI=1S/C12H13F2N3/c1-7-12(11(6-15)17(2)16-7)9-5-8(13)3-4-10(9)14/h3-5H,6,15H2,1-2H3. The minimum Gasteiger partial charge on any atom is -0.325 e. The third-order valence-electron chi connectivity index (χ3n) is 2.73. The van der Waals surface area contributed by atoms with Crippen LogP contribution in [-0.2, 0) is 13.6 Å². The number of rotatable bonds is 2. The lowest BCUT2D eigenvalue weighted by Gasteiger charge is -2.06. The van der Waals surface area contributed by atoms with E-state index in [9.17, 15) is 8.78 Å². The Morgan fingerprint density at radius 2 is 2.06 bits per heavy atom. The van der Waals surface area contributed by atoms with Crippen LogP contribution in [0.3, 0.4) is 0 Å². The summed E-state index contributed by atoms with van der Waals surface area (Å²) in [6, 6.07) is 3.36. The van der Waals surface area contributed by atoms with Gasteiger partial charge in [-0.05, 0) is 25.1 Å². The van der Waals surface area contributed by atoms with Gasteiger partial charge in [-0.3, -0.25) is 4.68 Å². The number of aromatic nitrogens is 2. The summed E-state index contributed by atoms with van der Waals surface area (Å²) in [7, 11) is 1.73. The predicted octanol–water partition coefficient (Wildman–Crippen LogP) is 2.13. The topological polar surface area (TPSA) is 43.8 Å². The first kappa shape index (κ1) is 11.7. The van der Waals surface area contributed by atoms with Crippen LogP contribution in [0.4, 0.5) is 8.78 Å². The van der Waals surface area contributed by atoms with Crippen molar-refractivity contribution in [1.29, 1.82) is 0 Å². The van der Waals surface area contributed by atoms with E-state index >= 15 is 0 Å². The maximum atomic E-state index is 13.7. The Bertz CT molecular complexity index is 561. The molecule has 1 aromatic carbocycles. The molecule has 1 heterocycles. The highest BCUT2D eigenvalue weighted by Crippen LogP contribution is 2.29. The quantitative estimate of drug-likeness (QED) is 0.869. The van der Waals surface area contributed by atoms with Crippen molar-refractivity contribution < 1.29 is 8.78 Å². The van der Waals surface area contributed by atoms with E-state index in [1.165, 1.54) is 6.07 Å². The van der Waals surface area contributed by atoms with Gasteiger partial charge in [0.25, 0.3) is 0 Å². The van der Waals surface area contributed by atoms with Gasteiger partial charge in [0.05, 0.1) is 11.4 Å². The van der Waals surface area contributed by atoms with Gasteiger partial charge < -0.3 is 5.73 Å². The molecule has 1 aromatic heterocycles. The first-order chi connectivity index (χ1) is 8.04. The van der Waals surface area contributed by atoms with Crippen LogP contribution in [0.5, 0.6) is 0 Å². The fraction of sp³-hybridized carbons (Fsp3) is 0.250. The number of hydrogen-bond donors (Lipinski definition) is 1. The molecule has 17 heavy (non-hydrogen) atoms.